The molecule has 3 heterocycles. The van der Waals surface area contributed by atoms with Crippen LogP contribution in [0.3, 0.4) is 0 Å². The van der Waals surface area contributed by atoms with Crippen LogP contribution in [0.15, 0.2) is 293 Å². The van der Waals surface area contributed by atoms with E-state index >= 15 is 0 Å². The lowest BCUT2D eigenvalue weighted by Crippen LogP contribution is -2.48. The molecule has 89 heavy (non-hydrogen) atoms. The number of anilines is 9. The topological polar surface area (TPSA) is 32.1 Å². The highest BCUT2D eigenvalue weighted by Crippen LogP contribution is 2.61. The highest BCUT2D eigenvalue weighted by molar-refractivity contribution is 7.99. The summed E-state index contributed by atoms with van der Waals surface area (Å²) in [5, 5.41) is 4.66. The minimum atomic E-state index is 0.239. The van der Waals surface area contributed by atoms with E-state index in [9.17, 15) is 0 Å². The zero-order valence-electron chi connectivity index (χ0n) is 49.0. The molecule has 5 nitrogen and oxygen atoms in total. The number of ether oxygens (including phenoxy) is 1. The number of furan rings is 1. The second kappa shape index (κ2) is 21.2. The van der Waals surface area contributed by atoms with Crippen LogP contribution in [0.1, 0.15) is 44.1 Å². The first kappa shape index (κ1) is 52.3. The summed E-state index contributed by atoms with van der Waals surface area (Å²) in [6, 6.07) is 102. The minimum Gasteiger partial charge on any atom is -0.455 e. The van der Waals surface area contributed by atoms with Crippen molar-refractivity contribution in [2.24, 2.45) is 17.8 Å². The van der Waals surface area contributed by atoms with Gasteiger partial charge in [0.2, 0.25) is 0 Å². The van der Waals surface area contributed by atoms with E-state index in [0.717, 1.165) is 118 Å². The van der Waals surface area contributed by atoms with Crippen LogP contribution < -0.4 is 19.4 Å². The quantitative estimate of drug-likeness (QED) is 0.121. The van der Waals surface area contributed by atoms with Gasteiger partial charge in [0, 0.05) is 65.5 Å². The van der Waals surface area contributed by atoms with Crippen molar-refractivity contribution in [3.8, 4) is 33.8 Å². The molecular weight excluding hydrogens is 1120 g/mol. The summed E-state index contributed by atoms with van der Waals surface area (Å²) in [5.74, 6) is 4.27. The Morgan fingerprint density at radius 2 is 0.921 bits per heavy atom. The van der Waals surface area contributed by atoms with Crippen LogP contribution in [0.5, 0.6) is 11.5 Å². The molecule has 4 aliphatic carbocycles. The van der Waals surface area contributed by atoms with Gasteiger partial charge in [0.05, 0.1) is 31.9 Å². The number of thiophene rings is 1. The van der Waals surface area contributed by atoms with Crippen molar-refractivity contribution in [3.63, 3.8) is 0 Å². The Morgan fingerprint density at radius 1 is 0.360 bits per heavy atom. The predicted molar refractivity (Wildman–Crippen MR) is 372 cm³/mol. The highest BCUT2D eigenvalue weighted by Gasteiger charge is 2.51. The van der Waals surface area contributed by atoms with E-state index in [-0.39, 0.29) is 5.41 Å². The van der Waals surface area contributed by atoms with Crippen molar-refractivity contribution in [1.29, 1.82) is 0 Å². The zero-order chi connectivity index (χ0) is 58.6. The van der Waals surface area contributed by atoms with Gasteiger partial charge in [-0.1, -0.05) is 145 Å². The van der Waals surface area contributed by atoms with E-state index in [4.69, 9.17) is 9.15 Å². The molecule has 4 fully saturated rings. The summed E-state index contributed by atoms with van der Waals surface area (Å²) in [6.07, 6.45) is 8.19. The average molecular weight is 1180 g/mol. The van der Waals surface area contributed by atoms with Crippen molar-refractivity contribution in [1.82, 2.24) is 0 Å². The molecule has 0 unspecified atom stereocenters. The van der Waals surface area contributed by atoms with E-state index in [1.54, 1.807) is 11.8 Å². The van der Waals surface area contributed by atoms with Gasteiger partial charge >= 0.3 is 0 Å². The molecule has 0 atom stereocenters. The van der Waals surface area contributed by atoms with E-state index in [1.807, 2.05) is 23.5 Å². The van der Waals surface area contributed by atoms with Crippen molar-refractivity contribution in [2.75, 3.05) is 14.7 Å². The monoisotopic (exact) mass is 1180 g/mol. The maximum Gasteiger partial charge on any atom is 0.145 e. The molecule has 0 spiro atoms. The molecule has 0 saturated heterocycles. The van der Waals surface area contributed by atoms with Gasteiger partial charge in [-0.15, -0.1) is 11.3 Å². The third-order valence-corrected chi connectivity index (χ3v) is 21.9. The van der Waals surface area contributed by atoms with Gasteiger partial charge in [-0.2, -0.15) is 0 Å². The highest BCUT2D eigenvalue weighted by atomic mass is 32.2. The fraction of sp³-hybridized carbons (Fsp3) is 0.122. The predicted octanol–water partition coefficient (Wildman–Crippen LogP) is 24.4. The molecule has 428 valence electrons. The molecule has 12 aromatic carbocycles. The Labute approximate surface area is 526 Å². The number of nitrogens with zero attached hydrogens (tertiary/aromatic N) is 3. The fourth-order valence-electron chi connectivity index (χ4n) is 16.1. The summed E-state index contributed by atoms with van der Waals surface area (Å²) in [5.41, 5.74) is 17.4. The third-order valence-electron chi connectivity index (χ3n) is 19.6. The Bertz CT molecular complexity index is 4960. The lowest BCUT2D eigenvalue weighted by Gasteiger charge is -2.57. The molecule has 1 aliphatic heterocycles. The largest absolute Gasteiger partial charge is 0.455 e. The Morgan fingerprint density at radius 3 is 1.66 bits per heavy atom. The summed E-state index contributed by atoms with van der Waals surface area (Å²) in [6.45, 7) is 0. The van der Waals surface area contributed by atoms with Crippen LogP contribution in [0.2, 0.25) is 0 Å². The van der Waals surface area contributed by atoms with Crippen LogP contribution in [-0.2, 0) is 5.41 Å². The molecule has 2 aromatic heterocycles. The van der Waals surface area contributed by atoms with Gasteiger partial charge in [0.1, 0.15) is 22.7 Å². The minimum absolute atomic E-state index is 0.239. The first-order chi connectivity index (χ1) is 44.0. The summed E-state index contributed by atoms with van der Waals surface area (Å²) in [7, 11) is 0. The van der Waals surface area contributed by atoms with E-state index in [0.29, 0.717) is 0 Å². The van der Waals surface area contributed by atoms with Gasteiger partial charge in [0.15, 0.2) is 0 Å². The Balaban J connectivity index is 0.821. The van der Waals surface area contributed by atoms with E-state index < -0.39 is 0 Å². The van der Waals surface area contributed by atoms with E-state index in [2.05, 4.69) is 282 Å². The Kier molecular flexibility index (Phi) is 12.5. The van der Waals surface area contributed by atoms with Gasteiger partial charge in [-0.3, -0.25) is 0 Å². The molecule has 0 amide bonds. The molecule has 0 N–H and O–H groups in total. The average Bonchev–Trinajstić information content (AvgIpc) is 2.03. The molecule has 4 bridgehead atoms. The molecule has 14 aromatic rings. The van der Waals surface area contributed by atoms with Crippen LogP contribution >= 0.6 is 23.1 Å². The van der Waals surface area contributed by atoms with Crippen LogP contribution in [0.4, 0.5) is 51.2 Å². The summed E-state index contributed by atoms with van der Waals surface area (Å²) < 4.78 is 16.7. The first-order valence-electron chi connectivity index (χ1n) is 31.4. The number of para-hydroxylation sites is 4. The molecule has 7 heteroatoms. The number of fused-ring (bicyclic) bond motifs is 8. The van der Waals surface area contributed by atoms with Crippen molar-refractivity contribution < 1.29 is 9.15 Å². The van der Waals surface area contributed by atoms with Crippen LogP contribution in [-0.4, -0.2) is 0 Å². The van der Waals surface area contributed by atoms with Crippen molar-refractivity contribution in [2.45, 2.75) is 53.7 Å². The molecule has 4 saturated carbocycles. The molecule has 0 radical (unpaired) electrons. The van der Waals surface area contributed by atoms with Crippen molar-refractivity contribution >= 4 is 116 Å². The number of hydrogen-bond donors (Lipinski definition) is 0. The smallest absolute Gasteiger partial charge is 0.145 e. The van der Waals surface area contributed by atoms with Gasteiger partial charge in [-0.25, -0.2) is 0 Å². The first-order valence-corrected chi connectivity index (χ1v) is 33.0. The molecule has 5 aliphatic rings. The van der Waals surface area contributed by atoms with Crippen molar-refractivity contribution in [3.05, 3.63) is 285 Å². The molecule has 19 rings (SSSR count). The zero-order valence-corrected chi connectivity index (χ0v) is 50.6. The summed E-state index contributed by atoms with van der Waals surface area (Å²) >= 11 is 3.61. The SMILES string of the molecule is c1ccc(N(c2ccc3c(c2)Sc2ccccc2O3)c2cccc3oc4c(-c5cccc(N(c6ccc(-c7ccc8sc9ccccc9c8c7)cc6)c6cccc(C78CC9CC(CC(C9)C7)C8)c6)c5)ccc(N(c5ccccc5)c5ccccc5)c4c23)cc1. The second-order valence-electron chi connectivity index (χ2n) is 25.0. The van der Waals surface area contributed by atoms with Crippen LogP contribution in [0, 0.1) is 17.8 Å². The fourth-order valence-corrected chi connectivity index (χ4v) is 18.2. The number of benzene rings is 12. The van der Waals surface area contributed by atoms with Crippen LogP contribution in [0.25, 0.3) is 64.4 Å². The lowest BCUT2D eigenvalue weighted by molar-refractivity contribution is -0.00517. The van der Waals surface area contributed by atoms with Gasteiger partial charge < -0.3 is 23.9 Å². The maximum absolute atomic E-state index is 7.51. The number of hydrogen-bond acceptors (Lipinski definition) is 7. The maximum atomic E-state index is 7.51. The second-order valence-corrected chi connectivity index (χ2v) is 27.2. The normalized spacial score (nSPS) is 18.0. The van der Waals surface area contributed by atoms with Gasteiger partial charge in [0.25, 0.3) is 0 Å². The summed E-state index contributed by atoms with van der Waals surface area (Å²) in [4.78, 5) is 9.42. The van der Waals surface area contributed by atoms with E-state index in [1.165, 1.54) is 81.1 Å². The standard InChI is InChI=1S/C82H61N3O2S2/c1-4-19-60(20-5-1)84(61-21-6-2-7-22-61)71-40-39-67(81-80(71)79-70(28-16-30-74(79)87-81)85(62-23-8-3-9-24-62)66-38-41-73-78(49-66)89-77-32-13-11-29-72(77)86-73)58-17-14-25-64(46-58)83(65-26-15-18-59(48-65)82-50-53-43-54(51-82)45-55(44-53)52-82)63-36-33-56(34-37-63)57-35-42-76-69(47-57)68-27-10-12-31-75(68)88-76/h1-42,46-49,53-55H,43-45,50-52H2. The van der Waals surface area contributed by atoms with Gasteiger partial charge in [-0.05, 0) is 230 Å². The number of rotatable bonds is 12. The lowest BCUT2D eigenvalue weighted by atomic mass is 9.48. The third kappa shape index (κ3) is 9.04. The molecular formula is C82H61N3O2S2. The Hall–Kier alpha value is -9.79.